The van der Waals surface area contributed by atoms with Crippen LogP contribution in [0.15, 0.2) is 24.3 Å². The second-order valence-electron chi connectivity index (χ2n) is 5.70. The molecule has 1 aliphatic rings. The van der Waals surface area contributed by atoms with Crippen molar-refractivity contribution in [1.82, 2.24) is 10.2 Å². The Bertz CT molecular complexity index is 592. The highest BCUT2D eigenvalue weighted by Gasteiger charge is 2.25. The van der Waals surface area contributed by atoms with E-state index in [9.17, 15) is 14.4 Å². The van der Waals surface area contributed by atoms with Gasteiger partial charge in [0.1, 0.15) is 5.75 Å². The smallest absolute Gasteiger partial charge is 0.251 e. The van der Waals surface area contributed by atoms with E-state index in [-0.39, 0.29) is 30.2 Å². The summed E-state index contributed by atoms with van der Waals surface area (Å²) in [6.07, 6.45) is 1.15. The fourth-order valence-corrected chi connectivity index (χ4v) is 2.65. The van der Waals surface area contributed by atoms with Gasteiger partial charge in [0.15, 0.2) is 0 Å². The van der Waals surface area contributed by atoms with Gasteiger partial charge in [-0.05, 0) is 44.0 Å². The summed E-state index contributed by atoms with van der Waals surface area (Å²) in [7, 11) is 0. The van der Waals surface area contributed by atoms with Crippen molar-refractivity contribution >= 4 is 17.7 Å². The molecule has 0 bridgehead atoms. The quantitative estimate of drug-likeness (QED) is 0.793. The molecule has 1 saturated heterocycles. The molecule has 1 aromatic rings. The minimum atomic E-state index is -0.314. The third kappa shape index (κ3) is 4.71. The third-order valence-electron chi connectivity index (χ3n) is 4.08. The molecule has 0 atom stereocenters. The van der Waals surface area contributed by atoms with Gasteiger partial charge in [0, 0.05) is 24.6 Å². The van der Waals surface area contributed by atoms with Crippen LogP contribution in [-0.4, -0.2) is 48.9 Å². The Balaban J connectivity index is 1.79. The molecule has 0 radical (unpaired) electrons. The Morgan fingerprint density at radius 3 is 2.38 bits per heavy atom. The molecule has 1 heterocycles. The molecule has 130 valence electrons. The molecular formula is C17H23N3O4. The second kappa shape index (κ2) is 8.33. The van der Waals surface area contributed by atoms with Crippen LogP contribution in [0.1, 0.15) is 30.1 Å². The Labute approximate surface area is 141 Å². The van der Waals surface area contributed by atoms with E-state index in [0.717, 1.165) is 0 Å². The molecule has 1 aliphatic heterocycles. The van der Waals surface area contributed by atoms with Crippen molar-refractivity contribution in [3.05, 3.63) is 29.8 Å². The number of ether oxygens (including phenoxy) is 1. The van der Waals surface area contributed by atoms with Crippen LogP contribution >= 0.6 is 0 Å². The first-order chi connectivity index (χ1) is 11.5. The molecule has 1 aromatic carbocycles. The fraction of sp³-hybridized carbons (Fsp3) is 0.471. The first-order valence-electron chi connectivity index (χ1n) is 8.09. The van der Waals surface area contributed by atoms with E-state index >= 15 is 0 Å². The first-order valence-corrected chi connectivity index (χ1v) is 8.09. The van der Waals surface area contributed by atoms with Crippen molar-refractivity contribution in [1.29, 1.82) is 0 Å². The molecule has 7 heteroatoms. The summed E-state index contributed by atoms with van der Waals surface area (Å²) >= 11 is 0. The average molecular weight is 333 g/mol. The van der Waals surface area contributed by atoms with Gasteiger partial charge in [-0.1, -0.05) is 0 Å². The number of piperidine rings is 1. The lowest BCUT2D eigenvalue weighted by atomic mass is 9.96. The van der Waals surface area contributed by atoms with E-state index in [2.05, 4.69) is 5.32 Å². The number of benzene rings is 1. The monoisotopic (exact) mass is 333 g/mol. The summed E-state index contributed by atoms with van der Waals surface area (Å²) in [6, 6.07) is 6.75. The molecule has 0 aromatic heterocycles. The van der Waals surface area contributed by atoms with E-state index in [1.165, 1.54) is 0 Å². The number of nitrogens with one attached hydrogen (secondary N) is 1. The number of nitrogens with zero attached hydrogens (tertiary/aromatic N) is 1. The van der Waals surface area contributed by atoms with Crippen LogP contribution in [0, 0.1) is 5.92 Å². The lowest BCUT2D eigenvalue weighted by Gasteiger charge is -2.30. The molecule has 7 nitrogen and oxygen atoms in total. The summed E-state index contributed by atoms with van der Waals surface area (Å²) in [6.45, 7) is 3.37. The molecule has 3 amide bonds. The van der Waals surface area contributed by atoms with Gasteiger partial charge in [-0.15, -0.1) is 0 Å². The van der Waals surface area contributed by atoms with Crippen LogP contribution in [0.5, 0.6) is 5.75 Å². The maximum Gasteiger partial charge on any atom is 0.251 e. The topological polar surface area (TPSA) is 102 Å². The van der Waals surface area contributed by atoms with Crippen LogP contribution in [0.4, 0.5) is 0 Å². The van der Waals surface area contributed by atoms with Crippen LogP contribution in [0.2, 0.25) is 0 Å². The third-order valence-corrected chi connectivity index (χ3v) is 4.08. The van der Waals surface area contributed by atoms with Gasteiger partial charge >= 0.3 is 0 Å². The zero-order chi connectivity index (χ0) is 17.5. The molecule has 0 spiro atoms. The van der Waals surface area contributed by atoms with E-state index in [0.29, 0.717) is 43.9 Å². The molecule has 24 heavy (non-hydrogen) atoms. The lowest BCUT2D eigenvalue weighted by Crippen LogP contribution is -2.45. The summed E-state index contributed by atoms with van der Waals surface area (Å²) in [5.74, 6) is -0.239. The minimum absolute atomic E-state index is 0.0622. The SMILES string of the molecule is CCOc1ccc(C(=O)NCC(=O)N2CCC(C(N)=O)CC2)cc1. The van der Waals surface area contributed by atoms with Crippen LogP contribution < -0.4 is 15.8 Å². The van der Waals surface area contributed by atoms with Gasteiger partial charge in [-0.25, -0.2) is 0 Å². The maximum absolute atomic E-state index is 12.1. The highest BCUT2D eigenvalue weighted by molar-refractivity contribution is 5.96. The molecule has 3 N–H and O–H groups in total. The van der Waals surface area contributed by atoms with Crippen molar-refractivity contribution in [2.24, 2.45) is 11.7 Å². The lowest BCUT2D eigenvalue weighted by molar-refractivity contribution is -0.133. The largest absolute Gasteiger partial charge is 0.494 e. The van der Waals surface area contributed by atoms with Crippen molar-refractivity contribution in [2.75, 3.05) is 26.2 Å². The zero-order valence-corrected chi connectivity index (χ0v) is 13.8. The highest BCUT2D eigenvalue weighted by Crippen LogP contribution is 2.16. The molecule has 2 rings (SSSR count). The Morgan fingerprint density at radius 1 is 1.21 bits per heavy atom. The Morgan fingerprint density at radius 2 is 1.83 bits per heavy atom. The number of hydrogen-bond acceptors (Lipinski definition) is 4. The summed E-state index contributed by atoms with van der Waals surface area (Å²) in [5.41, 5.74) is 5.74. The first kappa shape index (κ1) is 17.8. The van der Waals surface area contributed by atoms with Crippen molar-refractivity contribution in [2.45, 2.75) is 19.8 Å². The van der Waals surface area contributed by atoms with Gasteiger partial charge in [0.05, 0.1) is 13.2 Å². The predicted octanol–water partition coefficient (Wildman–Crippen LogP) is 0.539. The standard InChI is InChI=1S/C17H23N3O4/c1-2-24-14-5-3-13(4-6-14)17(23)19-11-15(21)20-9-7-12(8-10-20)16(18)22/h3-6,12H,2,7-11H2,1H3,(H2,18,22)(H,19,23). The molecule has 0 unspecified atom stereocenters. The molecule has 1 fully saturated rings. The zero-order valence-electron chi connectivity index (χ0n) is 13.8. The van der Waals surface area contributed by atoms with E-state index < -0.39 is 0 Å². The Kier molecular flexibility index (Phi) is 6.17. The van der Waals surface area contributed by atoms with Crippen LogP contribution in [0.3, 0.4) is 0 Å². The van der Waals surface area contributed by atoms with Gasteiger partial charge < -0.3 is 20.7 Å². The number of nitrogens with two attached hydrogens (primary N) is 1. The van der Waals surface area contributed by atoms with Crippen molar-refractivity contribution in [3.8, 4) is 5.75 Å². The minimum Gasteiger partial charge on any atom is -0.494 e. The summed E-state index contributed by atoms with van der Waals surface area (Å²) in [4.78, 5) is 37.0. The number of likely N-dealkylation sites (tertiary alicyclic amines) is 1. The second-order valence-corrected chi connectivity index (χ2v) is 5.70. The van der Waals surface area contributed by atoms with Crippen molar-refractivity contribution < 1.29 is 19.1 Å². The van der Waals surface area contributed by atoms with E-state index in [1.54, 1.807) is 29.2 Å². The average Bonchev–Trinajstić information content (AvgIpc) is 2.60. The van der Waals surface area contributed by atoms with Crippen LogP contribution in [-0.2, 0) is 9.59 Å². The normalized spacial score (nSPS) is 15.0. The van der Waals surface area contributed by atoms with Gasteiger partial charge in [0.2, 0.25) is 11.8 Å². The number of carbonyl (C=O) groups excluding carboxylic acids is 3. The van der Waals surface area contributed by atoms with Gasteiger partial charge in [0.25, 0.3) is 5.91 Å². The molecular weight excluding hydrogens is 310 g/mol. The highest BCUT2D eigenvalue weighted by atomic mass is 16.5. The Hall–Kier alpha value is -2.57. The van der Waals surface area contributed by atoms with Gasteiger partial charge in [-0.2, -0.15) is 0 Å². The van der Waals surface area contributed by atoms with E-state index in [4.69, 9.17) is 10.5 Å². The maximum atomic E-state index is 12.1. The summed E-state index contributed by atoms with van der Waals surface area (Å²) in [5, 5.41) is 2.62. The fourth-order valence-electron chi connectivity index (χ4n) is 2.65. The predicted molar refractivity (Wildman–Crippen MR) is 88.4 cm³/mol. The van der Waals surface area contributed by atoms with E-state index in [1.807, 2.05) is 6.92 Å². The number of hydrogen-bond donors (Lipinski definition) is 2. The number of rotatable bonds is 6. The number of carbonyl (C=O) groups is 3. The van der Waals surface area contributed by atoms with Crippen molar-refractivity contribution in [3.63, 3.8) is 0 Å². The van der Waals surface area contributed by atoms with Crippen LogP contribution in [0.25, 0.3) is 0 Å². The number of primary amides is 1. The number of amides is 3. The summed E-state index contributed by atoms with van der Waals surface area (Å²) < 4.78 is 5.32. The van der Waals surface area contributed by atoms with Gasteiger partial charge in [-0.3, -0.25) is 14.4 Å². The molecule has 0 saturated carbocycles. The molecule has 0 aliphatic carbocycles.